The molecule has 1 aromatic rings. The first kappa shape index (κ1) is 18.2. The molecule has 0 radical (unpaired) electrons. The van der Waals surface area contributed by atoms with Gasteiger partial charge in [0.15, 0.2) is 5.96 Å². The summed E-state index contributed by atoms with van der Waals surface area (Å²) in [6, 6.07) is 7.04. The highest BCUT2D eigenvalue weighted by Crippen LogP contribution is 2.34. The summed E-state index contributed by atoms with van der Waals surface area (Å²) >= 11 is 0. The number of nitrogens with one attached hydrogen (secondary N) is 1. The number of halogens is 1. The third-order valence-electron chi connectivity index (χ3n) is 5.77. The van der Waals surface area contributed by atoms with Crippen LogP contribution in [-0.4, -0.2) is 50.8 Å². The number of hydrogen-bond acceptors (Lipinski definition) is 2. The van der Waals surface area contributed by atoms with Gasteiger partial charge in [0.2, 0.25) is 0 Å². The monoisotopic (exact) mass is 347 g/mol. The van der Waals surface area contributed by atoms with Crippen molar-refractivity contribution in [3.05, 3.63) is 35.6 Å². The Balaban J connectivity index is 1.72. The Hall–Kier alpha value is -1.62. The largest absolute Gasteiger partial charge is 0.381 e. The SMILES string of the molecule is CN=C(NCC1(c2cccc(F)c2)CCOCC1)N1CCC(C)CC1. The van der Waals surface area contributed by atoms with Crippen LogP contribution in [0.15, 0.2) is 29.3 Å². The Labute approximate surface area is 150 Å². The van der Waals surface area contributed by atoms with Crippen LogP contribution in [0.1, 0.15) is 38.2 Å². The number of piperidine rings is 1. The number of nitrogens with zero attached hydrogens (tertiary/aromatic N) is 2. The molecule has 3 rings (SSSR count). The standard InChI is InChI=1S/C20H30FN3O/c1-16-6-10-24(11-7-16)19(22-2)23-15-20(8-12-25-13-9-20)17-4-3-5-18(21)14-17/h3-5,14,16H,6-13,15H2,1-2H3,(H,22,23). The highest BCUT2D eigenvalue weighted by atomic mass is 19.1. The van der Waals surface area contributed by atoms with Crippen LogP contribution < -0.4 is 5.32 Å². The van der Waals surface area contributed by atoms with E-state index in [1.165, 1.54) is 18.9 Å². The maximum absolute atomic E-state index is 13.8. The molecule has 5 heteroatoms. The molecule has 138 valence electrons. The molecule has 2 saturated heterocycles. The molecule has 0 atom stereocenters. The summed E-state index contributed by atoms with van der Waals surface area (Å²) < 4.78 is 19.4. The Morgan fingerprint density at radius 3 is 2.68 bits per heavy atom. The molecule has 4 nitrogen and oxygen atoms in total. The zero-order valence-corrected chi connectivity index (χ0v) is 15.4. The van der Waals surface area contributed by atoms with Gasteiger partial charge in [0, 0.05) is 45.3 Å². The van der Waals surface area contributed by atoms with E-state index in [9.17, 15) is 4.39 Å². The molecule has 0 spiro atoms. The van der Waals surface area contributed by atoms with Gasteiger partial charge in [0.25, 0.3) is 0 Å². The van der Waals surface area contributed by atoms with Crippen molar-refractivity contribution in [2.75, 3.05) is 39.9 Å². The van der Waals surface area contributed by atoms with Gasteiger partial charge in [0.05, 0.1) is 0 Å². The minimum atomic E-state index is -0.169. The predicted molar refractivity (Wildman–Crippen MR) is 99.5 cm³/mol. The normalized spacial score (nSPS) is 22.0. The quantitative estimate of drug-likeness (QED) is 0.674. The van der Waals surface area contributed by atoms with Crippen LogP contribution in [-0.2, 0) is 10.2 Å². The first-order valence-corrected chi connectivity index (χ1v) is 9.42. The van der Waals surface area contributed by atoms with Crippen LogP contribution >= 0.6 is 0 Å². The summed E-state index contributed by atoms with van der Waals surface area (Å²) in [6.07, 6.45) is 4.22. The summed E-state index contributed by atoms with van der Waals surface area (Å²) in [5.74, 6) is 1.59. The van der Waals surface area contributed by atoms with Crippen molar-refractivity contribution in [2.24, 2.45) is 10.9 Å². The average molecular weight is 347 g/mol. The van der Waals surface area contributed by atoms with Gasteiger partial charge in [-0.05, 0) is 49.3 Å². The first-order chi connectivity index (χ1) is 12.1. The van der Waals surface area contributed by atoms with Gasteiger partial charge in [-0.3, -0.25) is 4.99 Å². The molecule has 1 N–H and O–H groups in total. The van der Waals surface area contributed by atoms with Gasteiger partial charge in [-0.2, -0.15) is 0 Å². The number of likely N-dealkylation sites (tertiary alicyclic amines) is 1. The maximum Gasteiger partial charge on any atom is 0.193 e. The molecule has 2 fully saturated rings. The Bertz CT molecular complexity index is 590. The molecule has 0 amide bonds. The van der Waals surface area contributed by atoms with E-state index in [1.54, 1.807) is 6.07 Å². The molecular weight excluding hydrogens is 317 g/mol. The van der Waals surface area contributed by atoms with E-state index >= 15 is 0 Å². The molecule has 0 bridgehead atoms. The molecule has 2 aliphatic rings. The third-order valence-corrected chi connectivity index (χ3v) is 5.77. The lowest BCUT2D eigenvalue weighted by Gasteiger charge is -2.40. The van der Waals surface area contributed by atoms with Crippen LogP contribution in [0.2, 0.25) is 0 Å². The number of rotatable bonds is 3. The lowest BCUT2D eigenvalue weighted by molar-refractivity contribution is 0.0510. The zero-order chi connectivity index (χ0) is 17.7. The summed E-state index contributed by atoms with van der Waals surface area (Å²) in [4.78, 5) is 6.84. The van der Waals surface area contributed by atoms with Crippen molar-refractivity contribution in [3.8, 4) is 0 Å². The second-order valence-corrected chi connectivity index (χ2v) is 7.47. The van der Waals surface area contributed by atoms with Crippen molar-refractivity contribution in [1.29, 1.82) is 0 Å². The van der Waals surface area contributed by atoms with Crippen molar-refractivity contribution in [2.45, 2.75) is 38.0 Å². The predicted octanol–water partition coefficient (Wildman–Crippen LogP) is 3.18. The van der Waals surface area contributed by atoms with E-state index in [1.807, 2.05) is 19.2 Å². The van der Waals surface area contributed by atoms with E-state index in [2.05, 4.69) is 22.1 Å². The van der Waals surface area contributed by atoms with Gasteiger partial charge in [0.1, 0.15) is 5.82 Å². The molecule has 2 aliphatic heterocycles. The Morgan fingerprint density at radius 1 is 1.32 bits per heavy atom. The van der Waals surface area contributed by atoms with E-state index in [4.69, 9.17) is 4.74 Å². The van der Waals surface area contributed by atoms with E-state index in [-0.39, 0.29) is 11.2 Å². The number of hydrogen-bond donors (Lipinski definition) is 1. The summed E-state index contributed by atoms with van der Waals surface area (Å²) in [5, 5.41) is 3.58. The van der Waals surface area contributed by atoms with Crippen LogP contribution in [0, 0.1) is 11.7 Å². The van der Waals surface area contributed by atoms with Gasteiger partial charge in [-0.15, -0.1) is 0 Å². The third kappa shape index (κ3) is 4.32. The fraction of sp³-hybridized carbons (Fsp3) is 0.650. The van der Waals surface area contributed by atoms with Crippen LogP contribution in [0.4, 0.5) is 4.39 Å². The van der Waals surface area contributed by atoms with Gasteiger partial charge in [-0.1, -0.05) is 19.1 Å². The summed E-state index contributed by atoms with van der Waals surface area (Å²) in [6.45, 7) is 6.62. The van der Waals surface area contributed by atoms with Crippen molar-refractivity contribution < 1.29 is 9.13 Å². The summed E-state index contributed by atoms with van der Waals surface area (Å²) in [7, 11) is 1.85. The van der Waals surface area contributed by atoms with E-state index < -0.39 is 0 Å². The minimum Gasteiger partial charge on any atom is -0.381 e. The van der Waals surface area contributed by atoms with Gasteiger partial charge in [-0.25, -0.2) is 4.39 Å². The molecule has 2 heterocycles. The van der Waals surface area contributed by atoms with Gasteiger partial charge < -0.3 is 15.0 Å². The van der Waals surface area contributed by atoms with Crippen LogP contribution in [0.25, 0.3) is 0 Å². The highest BCUT2D eigenvalue weighted by molar-refractivity contribution is 5.80. The highest BCUT2D eigenvalue weighted by Gasteiger charge is 2.35. The molecule has 25 heavy (non-hydrogen) atoms. The molecule has 0 aromatic heterocycles. The van der Waals surface area contributed by atoms with Crippen LogP contribution in [0.3, 0.4) is 0 Å². The fourth-order valence-electron chi connectivity index (χ4n) is 3.95. The Morgan fingerprint density at radius 2 is 2.04 bits per heavy atom. The van der Waals surface area contributed by atoms with Crippen molar-refractivity contribution in [1.82, 2.24) is 10.2 Å². The number of benzene rings is 1. The second-order valence-electron chi connectivity index (χ2n) is 7.47. The van der Waals surface area contributed by atoms with Crippen molar-refractivity contribution in [3.63, 3.8) is 0 Å². The van der Waals surface area contributed by atoms with Gasteiger partial charge >= 0.3 is 0 Å². The average Bonchev–Trinajstić information content (AvgIpc) is 2.64. The van der Waals surface area contributed by atoms with Crippen LogP contribution in [0.5, 0.6) is 0 Å². The molecule has 0 saturated carbocycles. The zero-order valence-electron chi connectivity index (χ0n) is 15.4. The molecule has 0 unspecified atom stereocenters. The minimum absolute atomic E-state index is 0.0978. The fourth-order valence-corrected chi connectivity index (χ4v) is 3.95. The lowest BCUT2D eigenvalue weighted by Crippen LogP contribution is -2.51. The molecular formula is C20H30FN3O. The Kier molecular flexibility index (Phi) is 5.94. The number of ether oxygens (including phenoxy) is 1. The van der Waals surface area contributed by atoms with Crippen molar-refractivity contribution >= 4 is 5.96 Å². The molecule has 0 aliphatic carbocycles. The van der Waals surface area contributed by atoms with E-state index in [0.29, 0.717) is 0 Å². The topological polar surface area (TPSA) is 36.9 Å². The first-order valence-electron chi connectivity index (χ1n) is 9.42. The maximum atomic E-state index is 13.8. The lowest BCUT2D eigenvalue weighted by atomic mass is 9.74. The number of aliphatic imine (C=N–C) groups is 1. The number of guanidine groups is 1. The molecule has 1 aromatic carbocycles. The van der Waals surface area contributed by atoms with E-state index in [0.717, 1.165) is 63.1 Å². The second kappa shape index (κ2) is 8.17. The smallest absolute Gasteiger partial charge is 0.193 e. The summed E-state index contributed by atoms with van der Waals surface area (Å²) in [5.41, 5.74) is 0.963.